The van der Waals surface area contributed by atoms with Gasteiger partial charge in [0.1, 0.15) is 0 Å². The Morgan fingerprint density at radius 1 is 1.35 bits per heavy atom. The molecule has 3 aliphatic carbocycles. The lowest BCUT2D eigenvalue weighted by Gasteiger charge is -2.25. The molecule has 0 saturated heterocycles. The molecule has 3 aliphatic rings. The average molecular weight is 232 g/mol. The number of H-pyrrole nitrogens is 1. The van der Waals surface area contributed by atoms with Gasteiger partial charge in [-0.2, -0.15) is 5.10 Å². The Hall–Kier alpha value is -1.32. The summed E-state index contributed by atoms with van der Waals surface area (Å²) in [6, 6.07) is 0. The van der Waals surface area contributed by atoms with Gasteiger partial charge in [0.15, 0.2) is 5.69 Å². The normalized spacial score (nSPS) is 32.2. The second-order valence-corrected chi connectivity index (χ2v) is 5.85. The van der Waals surface area contributed by atoms with Crippen LogP contribution < -0.4 is 0 Å². The molecule has 4 nitrogen and oxygen atoms in total. The van der Waals surface area contributed by atoms with Crippen molar-refractivity contribution in [2.45, 2.75) is 44.4 Å². The van der Waals surface area contributed by atoms with Gasteiger partial charge in [0.05, 0.1) is 0 Å². The van der Waals surface area contributed by atoms with E-state index in [9.17, 15) is 4.79 Å². The summed E-state index contributed by atoms with van der Waals surface area (Å²) in [7, 11) is 0. The zero-order chi connectivity index (χ0) is 11.6. The highest BCUT2D eigenvalue weighted by molar-refractivity contribution is 5.88. The quantitative estimate of drug-likeness (QED) is 0.781. The summed E-state index contributed by atoms with van der Waals surface area (Å²) in [5, 5.41) is 16.0. The largest absolute Gasteiger partial charge is 0.476 e. The van der Waals surface area contributed by atoms with Crippen molar-refractivity contribution in [3.63, 3.8) is 0 Å². The fourth-order valence-corrected chi connectivity index (χ4v) is 4.52. The van der Waals surface area contributed by atoms with Crippen molar-refractivity contribution in [1.82, 2.24) is 10.2 Å². The molecule has 2 fully saturated rings. The van der Waals surface area contributed by atoms with E-state index in [1.165, 1.54) is 32.1 Å². The molecule has 4 rings (SSSR count). The first kappa shape index (κ1) is 9.68. The second-order valence-electron chi connectivity index (χ2n) is 5.85. The number of nitrogens with zero attached hydrogens (tertiary/aromatic N) is 1. The lowest BCUT2D eigenvalue weighted by Crippen LogP contribution is -2.14. The summed E-state index contributed by atoms with van der Waals surface area (Å²) in [4.78, 5) is 11.0. The SMILES string of the molecule is O=C(O)c1n[nH]c2c1C[C@@H]1C2C12CCCCC2. The molecule has 1 spiro atoms. The van der Waals surface area contributed by atoms with Gasteiger partial charge < -0.3 is 5.11 Å². The lowest BCUT2D eigenvalue weighted by molar-refractivity contribution is 0.0689. The molecule has 4 heteroatoms. The number of hydrogen-bond donors (Lipinski definition) is 2. The third kappa shape index (κ3) is 1.04. The molecule has 1 unspecified atom stereocenters. The van der Waals surface area contributed by atoms with E-state index >= 15 is 0 Å². The Morgan fingerprint density at radius 3 is 2.82 bits per heavy atom. The maximum absolute atomic E-state index is 11.0. The number of carboxylic acids is 1. The molecular weight excluding hydrogens is 216 g/mol. The molecule has 0 radical (unpaired) electrons. The zero-order valence-electron chi connectivity index (χ0n) is 9.70. The van der Waals surface area contributed by atoms with Crippen LogP contribution in [-0.4, -0.2) is 21.3 Å². The minimum atomic E-state index is -0.888. The maximum atomic E-state index is 11.0. The number of aromatic nitrogens is 2. The molecule has 0 aliphatic heterocycles. The lowest BCUT2D eigenvalue weighted by atomic mass is 9.80. The highest BCUT2D eigenvalue weighted by Gasteiger charge is 2.68. The monoisotopic (exact) mass is 232 g/mol. The Bertz CT molecular complexity index is 500. The molecule has 1 heterocycles. The molecule has 0 amide bonds. The number of hydrogen-bond acceptors (Lipinski definition) is 2. The van der Waals surface area contributed by atoms with Gasteiger partial charge in [0.2, 0.25) is 0 Å². The Balaban J connectivity index is 1.70. The summed E-state index contributed by atoms with van der Waals surface area (Å²) >= 11 is 0. The molecule has 0 aromatic carbocycles. The van der Waals surface area contributed by atoms with Gasteiger partial charge in [-0.05, 0) is 30.6 Å². The van der Waals surface area contributed by atoms with Gasteiger partial charge in [-0.1, -0.05) is 19.3 Å². The van der Waals surface area contributed by atoms with Gasteiger partial charge >= 0.3 is 5.97 Å². The van der Waals surface area contributed by atoms with E-state index in [4.69, 9.17) is 5.11 Å². The van der Waals surface area contributed by atoms with Crippen molar-refractivity contribution in [3.8, 4) is 0 Å². The standard InChI is InChI=1S/C13H16N2O2/c16-12(17)11-7-6-8-9(10(7)14-15-11)13(8)4-2-1-3-5-13/h8-9H,1-6H2,(H,14,15)(H,16,17)/t8-,9?/m1/s1. The van der Waals surface area contributed by atoms with E-state index in [1.54, 1.807) is 0 Å². The Labute approximate surface area is 99.4 Å². The fraction of sp³-hybridized carbons (Fsp3) is 0.692. The van der Waals surface area contributed by atoms with Crippen LogP contribution in [0.1, 0.15) is 59.8 Å². The molecule has 2 N–H and O–H groups in total. The van der Waals surface area contributed by atoms with Crippen molar-refractivity contribution in [2.24, 2.45) is 11.3 Å². The van der Waals surface area contributed by atoms with Crippen molar-refractivity contribution >= 4 is 5.97 Å². The second kappa shape index (κ2) is 2.92. The van der Waals surface area contributed by atoms with Crippen LogP contribution >= 0.6 is 0 Å². The Morgan fingerprint density at radius 2 is 2.12 bits per heavy atom. The molecular formula is C13H16N2O2. The average Bonchev–Trinajstić information content (AvgIpc) is 2.70. The number of rotatable bonds is 1. The van der Waals surface area contributed by atoms with Crippen LogP contribution in [0, 0.1) is 11.3 Å². The van der Waals surface area contributed by atoms with Crippen LogP contribution in [0.3, 0.4) is 0 Å². The van der Waals surface area contributed by atoms with Gasteiger partial charge in [-0.3, -0.25) is 5.10 Å². The van der Waals surface area contributed by atoms with Crippen LogP contribution in [0.4, 0.5) is 0 Å². The van der Waals surface area contributed by atoms with Crippen LogP contribution in [0.2, 0.25) is 0 Å². The smallest absolute Gasteiger partial charge is 0.356 e. The minimum absolute atomic E-state index is 0.262. The number of fused-ring (bicyclic) bond motifs is 5. The summed E-state index contributed by atoms with van der Waals surface area (Å²) in [6.07, 6.45) is 7.69. The predicted octanol–water partition coefficient (Wildman–Crippen LogP) is 2.33. The summed E-state index contributed by atoms with van der Waals surface area (Å²) in [5.41, 5.74) is 2.92. The van der Waals surface area contributed by atoms with E-state index in [2.05, 4.69) is 10.2 Å². The van der Waals surface area contributed by atoms with Crippen molar-refractivity contribution in [1.29, 1.82) is 0 Å². The molecule has 1 aromatic heterocycles. The first-order valence-corrected chi connectivity index (χ1v) is 6.54. The van der Waals surface area contributed by atoms with Crippen LogP contribution in [0.15, 0.2) is 0 Å². The van der Waals surface area contributed by atoms with Gasteiger partial charge in [-0.25, -0.2) is 4.79 Å². The summed E-state index contributed by atoms with van der Waals surface area (Å²) in [5.74, 6) is 0.421. The van der Waals surface area contributed by atoms with E-state index in [1.807, 2.05) is 0 Å². The van der Waals surface area contributed by atoms with E-state index in [-0.39, 0.29) is 5.69 Å². The topological polar surface area (TPSA) is 66.0 Å². The highest BCUT2D eigenvalue weighted by atomic mass is 16.4. The van der Waals surface area contributed by atoms with Crippen molar-refractivity contribution < 1.29 is 9.90 Å². The van der Waals surface area contributed by atoms with E-state index in [0.717, 1.165) is 17.7 Å². The predicted molar refractivity (Wildman–Crippen MR) is 61.0 cm³/mol. The number of aromatic carboxylic acids is 1. The zero-order valence-corrected chi connectivity index (χ0v) is 9.70. The van der Waals surface area contributed by atoms with Gasteiger partial charge in [0, 0.05) is 17.2 Å². The molecule has 17 heavy (non-hydrogen) atoms. The minimum Gasteiger partial charge on any atom is -0.476 e. The highest BCUT2D eigenvalue weighted by Crippen LogP contribution is 2.75. The van der Waals surface area contributed by atoms with Gasteiger partial charge in [0.25, 0.3) is 0 Å². The van der Waals surface area contributed by atoms with Crippen LogP contribution in [-0.2, 0) is 6.42 Å². The first-order chi connectivity index (χ1) is 8.24. The number of nitrogens with one attached hydrogen (secondary N) is 1. The summed E-state index contributed by atoms with van der Waals surface area (Å²) in [6.45, 7) is 0. The number of carbonyl (C=O) groups is 1. The molecule has 0 bridgehead atoms. The van der Waals surface area contributed by atoms with Crippen LogP contribution in [0.25, 0.3) is 0 Å². The molecule has 90 valence electrons. The fourth-order valence-electron chi connectivity index (χ4n) is 4.52. The van der Waals surface area contributed by atoms with Crippen molar-refractivity contribution in [3.05, 3.63) is 17.0 Å². The first-order valence-electron chi connectivity index (χ1n) is 6.54. The van der Waals surface area contributed by atoms with Crippen LogP contribution in [0.5, 0.6) is 0 Å². The van der Waals surface area contributed by atoms with Gasteiger partial charge in [-0.15, -0.1) is 0 Å². The van der Waals surface area contributed by atoms with Crippen molar-refractivity contribution in [2.75, 3.05) is 0 Å². The van der Waals surface area contributed by atoms with E-state index in [0.29, 0.717) is 17.3 Å². The number of carboxylic acid groups (broad SMARTS) is 1. The number of aromatic amines is 1. The molecule has 1 aromatic rings. The molecule has 2 atom stereocenters. The third-order valence-electron chi connectivity index (χ3n) is 5.27. The summed E-state index contributed by atoms with van der Waals surface area (Å²) < 4.78 is 0. The Kier molecular flexibility index (Phi) is 1.66. The van der Waals surface area contributed by atoms with E-state index < -0.39 is 5.97 Å². The third-order valence-corrected chi connectivity index (χ3v) is 5.27. The molecule has 2 saturated carbocycles. The maximum Gasteiger partial charge on any atom is 0.356 e.